The Morgan fingerprint density at radius 1 is 1.15 bits per heavy atom. The Bertz CT molecular complexity index is 1350. The van der Waals surface area contributed by atoms with Crippen LogP contribution in [0.4, 0.5) is 0 Å². The monoisotopic (exact) mass is 504 g/mol. The van der Waals surface area contributed by atoms with E-state index in [1.165, 1.54) is 0 Å². The minimum absolute atomic E-state index is 0.295. The smallest absolute Gasteiger partial charge is 0.358 e. The number of benzene rings is 2. The molecule has 33 heavy (non-hydrogen) atoms. The lowest BCUT2D eigenvalue weighted by molar-refractivity contribution is 0.0519. The van der Waals surface area contributed by atoms with E-state index in [2.05, 4.69) is 25.9 Å². The van der Waals surface area contributed by atoms with Crippen molar-refractivity contribution < 1.29 is 14.3 Å². The van der Waals surface area contributed by atoms with Gasteiger partial charge in [0.1, 0.15) is 17.9 Å². The molecule has 0 saturated carbocycles. The Labute approximate surface area is 199 Å². The Hall–Kier alpha value is -3.52. The fraction of sp³-hybridized carbons (Fsp3) is 0.200. The Morgan fingerprint density at radius 2 is 1.97 bits per heavy atom. The maximum Gasteiger partial charge on any atom is 0.358 e. The number of rotatable bonds is 5. The molecular formula is C25H21BrN4O3. The molecule has 166 valence electrons. The van der Waals surface area contributed by atoms with Crippen LogP contribution in [0.2, 0.25) is 0 Å². The first-order chi connectivity index (χ1) is 16.1. The highest BCUT2D eigenvalue weighted by molar-refractivity contribution is 9.10. The minimum Gasteiger partial charge on any atom is -0.497 e. The SMILES string of the molecule is CCOC(=O)c1ncn2c1Cc1cnc(Cc3ccc(OC)cc3)nc1-c1cc(Br)ccc1-2. The lowest BCUT2D eigenvalue weighted by atomic mass is 10.0. The molecule has 0 N–H and O–H groups in total. The topological polar surface area (TPSA) is 79.1 Å². The van der Waals surface area contributed by atoms with Crippen LogP contribution in [0, 0.1) is 0 Å². The number of imidazole rings is 1. The molecule has 0 bridgehead atoms. The summed E-state index contributed by atoms with van der Waals surface area (Å²) < 4.78 is 13.4. The average Bonchev–Trinajstić information content (AvgIpc) is 3.18. The van der Waals surface area contributed by atoms with Crippen molar-refractivity contribution in [2.24, 2.45) is 0 Å². The van der Waals surface area contributed by atoms with Crippen molar-refractivity contribution in [3.63, 3.8) is 0 Å². The predicted octanol–water partition coefficient (Wildman–Crippen LogP) is 4.77. The van der Waals surface area contributed by atoms with Crippen molar-refractivity contribution in [2.75, 3.05) is 13.7 Å². The van der Waals surface area contributed by atoms with E-state index in [0.717, 1.165) is 49.8 Å². The first-order valence-electron chi connectivity index (χ1n) is 10.6. The molecule has 0 spiro atoms. The van der Waals surface area contributed by atoms with E-state index in [1.54, 1.807) is 20.4 Å². The van der Waals surface area contributed by atoms with Crippen LogP contribution in [0.1, 0.15) is 40.1 Å². The van der Waals surface area contributed by atoms with Crippen molar-refractivity contribution in [3.8, 4) is 22.7 Å². The highest BCUT2D eigenvalue weighted by Gasteiger charge is 2.27. The summed E-state index contributed by atoms with van der Waals surface area (Å²) in [6.07, 6.45) is 4.59. The zero-order chi connectivity index (χ0) is 22.9. The van der Waals surface area contributed by atoms with Gasteiger partial charge in [-0.15, -0.1) is 0 Å². The summed E-state index contributed by atoms with van der Waals surface area (Å²) in [4.78, 5) is 26.5. The second kappa shape index (κ2) is 8.78. The Morgan fingerprint density at radius 3 is 2.73 bits per heavy atom. The zero-order valence-electron chi connectivity index (χ0n) is 18.2. The van der Waals surface area contributed by atoms with Crippen molar-refractivity contribution in [3.05, 3.63) is 87.8 Å². The number of aromatic nitrogens is 4. The van der Waals surface area contributed by atoms with Crippen molar-refractivity contribution >= 4 is 21.9 Å². The van der Waals surface area contributed by atoms with E-state index in [1.807, 2.05) is 53.2 Å². The van der Waals surface area contributed by atoms with Crippen LogP contribution < -0.4 is 4.74 Å². The lowest BCUT2D eigenvalue weighted by Gasteiger charge is -2.11. The normalized spacial score (nSPS) is 11.7. The quantitative estimate of drug-likeness (QED) is 0.320. The van der Waals surface area contributed by atoms with E-state index < -0.39 is 5.97 Å². The maximum atomic E-state index is 12.5. The van der Waals surface area contributed by atoms with E-state index >= 15 is 0 Å². The highest BCUT2D eigenvalue weighted by Crippen LogP contribution is 2.36. The number of halogens is 1. The van der Waals surface area contributed by atoms with Gasteiger partial charge in [-0.3, -0.25) is 0 Å². The van der Waals surface area contributed by atoms with Gasteiger partial charge in [0.25, 0.3) is 0 Å². The molecule has 0 atom stereocenters. The van der Waals surface area contributed by atoms with Crippen LogP contribution in [0.15, 0.2) is 59.5 Å². The van der Waals surface area contributed by atoms with Gasteiger partial charge in [-0.25, -0.2) is 19.7 Å². The summed E-state index contributed by atoms with van der Waals surface area (Å²) in [5, 5.41) is 0. The van der Waals surface area contributed by atoms with Gasteiger partial charge in [0.15, 0.2) is 5.69 Å². The molecule has 0 radical (unpaired) electrons. The fourth-order valence-electron chi connectivity index (χ4n) is 4.03. The van der Waals surface area contributed by atoms with Crippen LogP contribution in [-0.4, -0.2) is 39.2 Å². The maximum absolute atomic E-state index is 12.5. The summed E-state index contributed by atoms with van der Waals surface area (Å²) in [5.41, 5.74) is 5.82. The van der Waals surface area contributed by atoms with Gasteiger partial charge < -0.3 is 14.0 Å². The van der Waals surface area contributed by atoms with Gasteiger partial charge in [-0.05, 0) is 42.8 Å². The molecule has 5 rings (SSSR count). The van der Waals surface area contributed by atoms with Gasteiger partial charge in [-0.2, -0.15) is 0 Å². The molecule has 3 heterocycles. The second-order valence-corrected chi connectivity index (χ2v) is 8.57. The summed E-state index contributed by atoms with van der Waals surface area (Å²) >= 11 is 3.59. The molecule has 2 aromatic heterocycles. The first-order valence-corrected chi connectivity index (χ1v) is 11.4. The van der Waals surface area contributed by atoms with E-state index in [-0.39, 0.29) is 0 Å². The minimum atomic E-state index is -0.426. The number of carbonyl (C=O) groups excluding carboxylic acids is 1. The molecule has 0 saturated heterocycles. The van der Waals surface area contributed by atoms with Gasteiger partial charge in [0.05, 0.1) is 30.8 Å². The molecule has 2 aromatic carbocycles. The number of methoxy groups -OCH3 is 1. The molecular weight excluding hydrogens is 484 g/mol. The summed E-state index contributed by atoms with van der Waals surface area (Å²) in [6, 6.07) is 13.9. The average molecular weight is 505 g/mol. The number of carbonyl (C=O) groups is 1. The summed E-state index contributed by atoms with van der Waals surface area (Å²) in [6.45, 7) is 2.08. The molecule has 1 aliphatic heterocycles. The fourth-order valence-corrected chi connectivity index (χ4v) is 4.39. The number of nitrogens with zero attached hydrogens (tertiary/aromatic N) is 4. The zero-order valence-corrected chi connectivity index (χ0v) is 19.8. The molecule has 4 aromatic rings. The van der Waals surface area contributed by atoms with Gasteiger partial charge in [-0.1, -0.05) is 28.1 Å². The summed E-state index contributed by atoms with van der Waals surface area (Å²) in [5.74, 6) is 1.11. The third kappa shape index (κ3) is 4.02. The molecule has 0 aliphatic carbocycles. The van der Waals surface area contributed by atoms with Crippen LogP contribution >= 0.6 is 15.9 Å². The van der Waals surface area contributed by atoms with Crippen molar-refractivity contribution in [1.29, 1.82) is 0 Å². The van der Waals surface area contributed by atoms with E-state index in [0.29, 0.717) is 25.1 Å². The number of esters is 1. The van der Waals surface area contributed by atoms with Crippen LogP contribution in [0.3, 0.4) is 0 Å². The van der Waals surface area contributed by atoms with Crippen LogP contribution in [0.5, 0.6) is 5.75 Å². The molecule has 1 aliphatic rings. The van der Waals surface area contributed by atoms with Gasteiger partial charge >= 0.3 is 5.97 Å². The molecule has 0 unspecified atom stereocenters. The largest absolute Gasteiger partial charge is 0.497 e. The number of ether oxygens (including phenoxy) is 2. The van der Waals surface area contributed by atoms with E-state index in [4.69, 9.17) is 14.5 Å². The lowest BCUT2D eigenvalue weighted by Crippen LogP contribution is -2.10. The molecule has 8 heteroatoms. The third-order valence-corrected chi connectivity index (χ3v) is 6.10. The third-order valence-electron chi connectivity index (χ3n) is 5.60. The molecule has 0 fully saturated rings. The molecule has 7 nitrogen and oxygen atoms in total. The van der Waals surface area contributed by atoms with Crippen LogP contribution in [-0.2, 0) is 17.6 Å². The standard InChI is InChI=1S/C25H21BrN4O3/c1-3-33-25(31)24-21-11-16-13-27-22(10-15-4-7-18(32-2)8-5-15)29-23(16)19-12-17(26)6-9-20(19)30(21)14-28-24/h4-9,12-14H,3,10-11H2,1-2H3. The Balaban J connectivity index is 1.60. The van der Waals surface area contributed by atoms with Gasteiger partial charge in [0.2, 0.25) is 0 Å². The van der Waals surface area contributed by atoms with Crippen molar-refractivity contribution in [1.82, 2.24) is 19.5 Å². The number of fused-ring (bicyclic) bond motifs is 5. The first kappa shape index (κ1) is 21.3. The van der Waals surface area contributed by atoms with Crippen molar-refractivity contribution in [2.45, 2.75) is 19.8 Å². The molecule has 0 amide bonds. The number of hydrogen-bond donors (Lipinski definition) is 0. The number of hydrogen-bond acceptors (Lipinski definition) is 6. The van der Waals surface area contributed by atoms with E-state index in [9.17, 15) is 4.79 Å². The highest BCUT2D eigenvalue weighted by atomic mass is 79.9. The van der Waals surface area contributed by atoms with Gasteiger partial charge in [0, 0.05) is 34.6 Å². The second-order valence-electron chi connectivity index (χ2n) is 7.65. The summed E-state index contributed by atoms with van der Waals surface area (Å²) in [7, 11) is 1.65. The van der Waals surface area contributed by atoms with Crippen LogP contribution in [0.25, 0.3) is 16.9 Å². The predicted molar refractivity (Wildman–Crippen MR) is 127 cm³/mol. The Kier molecular flexibility index (Phi) is 5.68.